The van der Waals surface area contributed by atoms with Crippen LogP contribution in [-0.2, 0) is 27.2 Å². The molecule has 0 fully saturated rings. The quantitative estimate of drug-likeness (QED) is 0.396. The highest BCUT2D eigenvalue weighted by atomic mass is 16.4. The van der Waals surface area contributed by atoms with Crippen molar-refractivity contribution in [1.82, 2.24) is 20.6 Å². The molecule has 0 saturated carbocycles. The van der Waals surface area contributed by atoms with E-state index in [1.807, 2.05) is 30.3 Å². The minimum atomic E-state index is -1.17. The smallest absolute Gasteiger partial charge is 0.322 e. The largest absolute Gasteiger partial charge is 0.480 e. The first kappa shape index (κ1) is 19.1. The molecule has 2 aromatic rings. The van der Waals surface area contributed by atoms with E-state index in [4.69, 9.17) is 10.8 Å². The number of hydrogen-bond donors (Lipinski definition) is 5. The maximum Gasteiger partial charge on any atom is 0.322 e. The Kier molecular flexibility index (Phi) is 6.86. The fourth-order valence-corrected chi connectivity index (χ4v) is 2.35. The number of nitrogens with one attached hydrogen (secondary N) is 3. The molecule has 1 aromatic heterocycles. The molecule has 9 nitrogen and oxygen atoms in total. The van der Waals surface area contributed by atoms with Crippen molar-refractivity contribution >= 4 is 17.8 Å². The molecule has 0 unspecified atom stereocenters. The number of aromatic amines is 1. The number of nitrogens with two attached hydrogens (primary N) is 1. The fourth-order valence-electron chi connectivity index (χ4n) is 2.35. The second-order valence-electron chi connectivity index (χ2n) is 5.75. The number of nitrogens with zero attached hydrogens (tertiary/aromatic N) is 1. The Bertz CT molecular complexity index is 733. The Hall–Kier alpha value is -3.20. The van der Waals surface area contributed by atoms with E-state index in [1.165, 1.54) is 6.33 Å². The molecule has 0 saturated heterocycles. The molecule has 0 aliphatic carbocycles. The minimum absolute atomic E-state index is 0.217. The molecule has 0 aliphatic heterocycles. The Morgan fingerprint density at radius 3 is 2.50 bits per heavy atom. The van der Waals surface area contributed by atoms with Crippen LogP contribution in [0.15, 0.2) is 42.9 Å². The molecule has 9 heteroatoms. The molecule has 1 aromatic carbocycles. The van der Waals surface area contributed by atoms with E-state index in [-0.39, 0.29) is 12.8 Å². The SMILES string of the molecule is N[C@@H](Cc1cnc[nH]1)C(=O)N[C@@H](Cc1ccccc1)C(=O)NCC(=O)O. The first-order valence-corrected chi connectivity index (χ1v) is 8.02. The van der Waals surface area contributed by atoms with E-state index in [1.54, 1.807) is 6.20 Å². The number of carboxylic acids is 1. The zero-order valence-corrected chi connectivity index (χ0v) is 14.0. The van der Waals surface area contributed by atoms with Gasteiger partial charge in [-0.15, -0.1) is 0 Å². The number of aliphatic carboxylic acids is 1. The van der Waals surface area contributed by atoms with Crippen LogP contribution in [0.2, 0.25) is 0 Å². The standard InChI is InChI=1S/C17H21N5O4/c18-13(7-12-8-19-10-21-12)16(25)22-14(17(26)20-9-15(23)24)6-11-4-2-1-3-5-11/h1-5,8,10,13-14H,6-7,9,18H2,(H,19,21)(H,20,26)(H,22,25)(H,23,24)/t13-,14-/m0/s1. The molecule has 26 heavy (non-hydrogen) atoms. The zero-order chi connectivity index (χ0) is 18.9. The summed E-state index contributed by atoms with van der Waals surface area (Å²) in [7, 11) is 0. The average Bonchev–Trinajstić information content (AvgIpc) is 3.12. The summed E-state index contributed by atoms with van der Waals surface area (Å²) in [5, 5.41) is 13.6. The Morgan fingerprint density at radius 1 is 1.15 bits per heavy atom. The van der Waals surface area contributed by atoms with E-state index in [0.717, 1.165) is 5.56 Å². The van der Waals surface area contributed by atoms with Gasteiger partial charge < -0.3 is 26.5 Å². The van der Waals surface area contributed by atoms with Gasteiger partial charge in [-0.3, -0.25) is 14.4 Å². The number of rotatable bonds is 9. The number of H-pyrrole nitrogens is 1. The van der Waals surface area contributed by atoms with Crippen molar-refractivity contribution in [2.75, 3.05) is 6.54 Å². The third kappa shape index (κ3) is 6.02. The van der Waals surface area contributed by atoms with Gasteiger partial charge in [-0.1, -0.05) is 30.3 Å². The lowest BCUT2D eigenvalue weighted by atomic mass is 10.0. The van der Waals surface area contributed by atoms with Crippen LogP contribution in [0, 0.1) is 0 Å². The molecule has 2 amide bonds. The first-order chi connectivity index (χ1) is 12.5. The summed E-state index contributed by atoms with van der Waals surface area (Å²) in [5.41, 5.74) is 7.41. The summed E-state index contributed by atoms with van der Waals surface area (Å²) in [5.74, 6) is -2.26. The van der Waals surface area contributed by atoms with Crippen molar-refractivity contribution in [3.8, 4) is 0 Å². The molecule has 6 N–H and O–H groups in total. The molecule has 1 heterocycles. The molecule has 138 valence electrons. The van der Waals surface area contributed by atoms with E-state index >= 15 is 0 Å². The van der Waals surface area contributed by atoms with Crippen molar-refractivity contribution in [2.45, 2.75) is 24.9 Å². The number of hydrogen-bond acceptors (Lipinski definition) is 5. The van der Waals surface area contributed by atoms with Crippen LogP contribution in [0.5, 0.6) is 0 Å². The van der Waals surface area contributed by atoms with Gasteiger partial charge in [0.1, 0.15) is 12.6 Å². The zero-order valence-electron chi connectivity index (χ0n) is 14.0. The summed E-state index contributed by atoms with van der Waals surface area (Å²) in [6, 6.07) is 7.28. The van der Waals surface area contributed by atoms with Crippen LogP contribution >= 0.6 is 0 Å². The third-order valence-corrected chi connectivity index (χ3v) is 3.66. The predicted octanol–water partition coefficient (Wildman–Crippen LogP) is -0.792. The highest BCUT2D eigenvalue weighted by Gasteiger charge is 2.24. The summed E-state index contributed by atoms with van der Waals surface area (Å²) in [6.07, 6.45) is 3.50. The fraction of sp³-hybridized carbons (Fsp3) is 0.294. The van der Waals surface area contributed by atoms with Gasteiger partial charge in [-0.2, -0.15) is 0 Å². The maximum absolute atomic E-state index is 12.3. The van der Waals surface area contributed by atoms with Gasteiger partial charge in [-0.05, 0) is 5.56 Å². The van der Waals surface area contributed by atoms with E-state index < -0.39 is 36.4 Å². The molecular formula is C17H21N5O4. The number of aromatic nitrogens is 2. The molecular weight excluding hydrogens is 338 g/mol. The van der Waals surface area contributed by atoms with Crippen molar-refractivity contribution in [2.24, 2.45) is 5.73 Å². The average molecular weight is 359 g/mol. The molecule has 0 radical (unpaired) electrons. The van der Waals surface area contributed by atoms with Gasteiger partial charge >= 0.3 is 5.97 Å². The lowest BCUT2D eigenvalue weighted by Gasteiger charge is -2.20. The van der Waals surface area contributed by atoms with Gasteiger partial charge in [0.2, 0.25) is 11.8 Å². The van der Waals surface area contributed by atoms with Crippen molar-refractivity contribution in [1.29, 1.82) is 0 Å². The predicted molar refractivity (Wildman–Crippen MR) is 93.0 cm³/mol. The number of carboxylic acid groups (broad SMARTS) is 1. The normalized spacial score (nSPS) is 12.8. The first-order valence-electron chi connectivity index (χ1n) is 8.02. The van der Waals surface area contributed by atoms with Crippen molar-refractivity contribution in [3.05, 3.63) is 54.1 Å². The summed E-state index contributed by atoms with van der Waals surface area (Å²) in [4.78, 5) is 42.0. The van der Waals surface area contributed by atoms with E-state index in [2.05, 4.69) is 20.6 Å². The molecule has 0 spiro atoms. The van der Waals surface area contributed by atoms with Crippen LogP contribution in [0.4, 0.5) is 0 Å². The van der Waals surface area contributed by atoms with E-state index in [9.17, 15) is 14.4 Å². The topological polar surface area (TPSA) is 150 Å². The van der Waals surface area contributed by atoms with E-state index in [0.29, 0.717) is 5.69 Å². The summed E-state index contributed by atoms with van der Waals surface area (Å²) in [6.45, 7) is -0.528. The second kappa shape index (κ2) is 9.33. The van der Waals surface area contributed by atoms with Crippen LogP contribution in [0.25, 0.3) is 0 Å². The monoisotopic (exact) mass is 359 g/mol. The Balaban J connectivity index is 2.02. The summed E-state index contributed by atoms with van der Waals surface area (Å²) < 4.78 is 0. The van der Waals surface area contributed by atoms with Gasteiger partial charge in [0, 0.05) is 24.7 Å². The number of carbonyl (C=O) groups excluding carboxylic acids is 2. The van der Waals surface area contributed by atoms with Crippen LogP contribution in [-0.4, -0.2) is 51.5 Å². The molecule has 0 aliphatic rings. The number of benzene rings is 1. The number of carbonyl (C=O) groups is 3. The van der Waals surface area contributed by atoms with Gasteiger partial charge in [0.25, 0.3) is 0 Å². The highest BCUT2D eigenvalue weighted by molar-refractivity contribution is 5.91. The molecule has 0 bridgehead atoms. The number of amides is 2. The third-order valence-electron chi connectivity index (χ3n) is 3.66. The minimum Gasteiger partial charge on any atom is -0.480 e. The molecule has 2 atom stereocenters. The van der Waals surface area contributed by atoms with Gasteiger partial charge in [0.05, 0.1) is 12.4 Å². The van der Waals surface area contributed by atoms with Gasteiger partial charge in [0.15, 0.2) is 0 Å². The van der Waals surface area contributed by atoms with Gasteiger partial charge in [-0.25, -0.2) is 4.98 Å². The summed E-state index contributed by atoms with van der Waals surface area (Å²) >= 11 is 0. The van der Waals surface area contributed by atoms with Crippen LogP contribution in [0.3, 0.4) is 0 Å². The lowest BCUT2D eigenvalue weighted by Crippen LogP contribution is -2.53. The Morgan fingerprint density at radius 2 is 1.88 bits per heavy atom. The lowest BCUT2D eigenvalue weighted by molar-refractivity contribution is -0.138. The highest BCUT2D eigenvalue weighted by Crippen LogP contribution is 2.05. The van der Waals surface area contributed by atoms with Crippen molar-refractivity contribution in [3.63, 3.8) is 0 Å². The Labute approximate surface area is 150 Å². The maximum atomic E-state index is 12.3. The second-order valence-corrected chi connectivity index (χ2v) is 5.75. The number of imidazole rings is 1. The molecule has 2 rings (SSSR count). The van der Waals surface area contributed by atoms with Crippen LogP contribution in [0.1, 0.15) is 11.3 Å². The van der Waals surface area contributed by atoms with Crippen molar-refractivity contribution < 1.29 is 19.5 Å². The van der Waals surface area contributed by atoms with Crippen LogP contribution < -0.4 is 16.4 Å².